The monoisotopic (exact) mass is 407 g/mol. The number of carbonyl (C=O) groups is 1. The second kappa shape index (κ2) is 8.95. The van der Waals surface area contributed by atoms with E-state index >= 15 is 0 Å². The van der Waals surface area contributed by atoms with Gasteiger partial charge >= 0.3 is 5.97 Å². The molecule has 152 valence electrons. The number of aryl methyl sites for hydroxylation is 1. The maximum absolute atomic E-state index is 12.6. The van der Waals surface area contributed by atoms with Crippen LogP contribution in [-0.2, 0) is 16.0 Å². The number of methoxy groups -OCH3 is 1. The molecule has 1 unspecified atom stereocenters. The number of aliphatic hydroxyl groups is 1. The minimum absolute atomic E-state index is 0.227. The molecule has 8 nitrogen and oxygen atoms in total. The Morgan fingerprint density at radius 1 is 1.54 bits per heavy atom. The molecule has 1 aliphatic carbocycles. The molecule has 0 saturated heterocycles. The molecule has 3 rings (SSSR count). The van der Waals surface area contributed by atoms with Crippen molar-refractivity contribution in [3.8, 4) is 0 Å². The van der Waals surface area contributed by atoms with Gasteiger partial charge in [0.1, 0.15) is 15.5 Å². The number of fused-ring (bicyclic) bond motifs is 1. The van der Waals surface area contributed by atoms with E-state index in [0.717, 1.165) is 24.2 Å². The predicted octanol–water partition coefficient (Wildman–Crippen LogP) is 1.61. The number of hydrogen-bond acceptors (Lipinski definition) is 8. The van der Waals surface area contributed by atoms with Gasteiger partial charge in [-0.3, -0.25) is 9.69 Å². The number of nitrogens with one attached hydrogen (secondary N) is 1. The highest BCUT2D eigenvalue weighted by Crippen LogP contribution is 2.30. The van der Waals surface area contributed by atoms with Crippen molar-refractivity contribution in [1.29, 1.82) is 0 Å². The molecule has 1 aliphatic rings. The number of ether oxygens (including phenoxy) is 2. The van der Waals surface area contributed by atoms with E-state index in [0.29, 0.717) is 52.2 Å². The highest BCUT2D eigenvalue weighted by Gasteiger charge is 2.31. The average molecular weight is 407 g/mol. The summed E-state index contributed by atoms with van der Waals surface area (Å²) in [6.45, 7) is 6.77. The van der Waals surface area contributed by atoms with Gasteiger partial charge in [-0.05, 0) is 25.3 Å². The Hall–Kier alpha value is -2.07. The number of aromatic amines is 1. The zero-order chi connectivity index (χ0) is 20.3. The summed E-state index contributed by atoms with van der Waals surface area (Å²) in [7, 11) is 1.31. The fourth-order valence-electron chi connectivity index (χ4n) is 3.14. The zero-order valence-corrected chi connectivity index (χ0v) is 16.9. The topological polar surface area (TPSA) is 105 Å². The number of rotatable bonds is 10. The van der Waals surface area contributed by atoms with E-state index in [1.807, 2.05) is 0 Å². The number of hydrogen-bond donors (Lipinski definition) is 2. The summed E-state index contributed by atoms with van der Waals surface area (Å²) in [4.78, 5) is 34.9. The first-order chi connectivity index (χ1) is 13.4. The van der Waals surface area contributed by atoms with Crippen LogP contribution in [0.4, 0.5) is 0 Å². The van der Waals surface area contributed by atoms with Gasteiger partial charge in [0.25, 0.3) is 5.56 Å². The number of aromatic nitrogens is 2. The van der Waals surface area contributed by atoms with Crippen LogP contribution < -0.4 is 5.56 Å². The van der Waals surface area contributed by atoms with Gasteiger partial charge in [-0.15, -0.1) is 17.9 Å². The minimum Gasteiger partial charge on any atom is -0.465 e. The van der Waals surface area contributed by atoms with Crippen molar-refractivity contribution < 1.29 is 19.4 Å². The summed E-state index contributed by atoms with van der Waals surface area (Å²) in [5.41, 5.74) is 0.315. The lowest BCUT2D eigenvalue weighted by molar-refractivity contribution is 0.0222. The summed E-state index contributed by atoms with van der Waals surface area (Å²) < 4.78 is 10.1. The third-order valence-corrected chi connectivity index (χ3v) is 5.79. The van der Waals surface area contributed by atoms with Gasteiger partial charge < -0.3 is 19.6 Å². The van der Waals surface area contributed by atoms with Crippen LogP contribution in [0.5, 0.6) is 0 Å². The van der Waals surface area contributed by atoms with Crippen molar-refractivity contribution in [2.24, 2.45) is 0 Å². The lowest BCUT2D eigenvalue weighted by Gasteiger charge is -2.24. The van der Waals surface area contributed by atoms with Crippen molar-refractivity contribution in [3.63, 3.8) is 0 Å². The molecule has 2 aromatic heterocycles. The summed E-state index contributed by atoms with van der Waals surface area (Å²) in [5.74, 6) is 0.0463. The number of carbonyl (C=O) groups excluding carboxylic acids is 1. The number of thiophene rings is 1. The molecule has 2 heterocycles. The fraction of sp³-hybridized carbons (Fsp3) is 0.526. The first kappa shape index (κ1) is 20.7. The van der Waals surface area contributed by atoms with Crippen LogP contribution in [-0.4, -0.2) is 65.0 Å². The highest BCUT2D eigenvalue weighted by atomic mass is 32.1. The summed E-state index contributed by atoms with van der Waals surface area (Å²) in [6, 6.07) is 0.366. The molecule has 1 atom stereocenters. The molecule has 1 saturated carbocycles. The molecule has 0 radical (unpaired) electrons. The quantitative estimate of drug-likeness (QED) is 0.350. The number of aliphatic hydroxyl groups excluding tert-OH is 1. The normalized spacial score (nSPS) is 15.1. The van der Waals surface area contributed by atoms with E-state index in [1.54, 1.807) is 13.0 Å². The van der Waals surface area contributed by atoms with Gasteiger partial charge in [-0.2, -0.15) is 0 Å². The van der Waals surface area contributed by atoms with Crippen LogP contribution in [0, 0.1) is 6.92 Å². The van der Waals surface area contributed by atoms with E-state index in [4.69, 9.17) is 9.47 Å². The van der Waals surface area contributed by atoms with E-state index in [-0.39, 0.29) is 12.2 Å². The first-order valence-corrected chi connectivity index (χ1v) is 9.97. The van der Waals surface area contributed by atoms with E-state index in [2.05, 4.69) is 21.4 Å². The molecular weight excluding hydrogens is 382 g/mol. The molecular formula is C19H25N3O5S. The van der Waals surface area contributed by atoms with Gasteiger partial charge in [0.2, 0.25) is 0 Å². The molecule has 1 fully saturated rings. The van der Waals surface area contributed by atoms with Crippen molar-refractivity contribution in [3.05, 3.63) is 39.3 Å². The van der Waals surface area contributed by atoms with Crippen molar-refractivity contribution in [2.45, 2.75) is 38.5 Å². The molecule has 0 bridgehead atoms. The van der Waals surface area contributed by atoms with E-state index in [1.165, 1.54) is 7.11 Å². The second-order valence-corrected chi connectivity index (χ2v) is 7.88. The number of H-pyrrole nitrogens is 1. The summed E-state index contributed by atoms with van der Waals surface area (Å²) in [6.07, 6.45) is 3.11. The largest absolute Gasteiger partial charge is 0.465 e. The molecule has 9 heteroatoms. The fourth-order valence-corrected chi connectivity index (χ4v) is 4.26. The predicted molar refractivity (Wildman–Crippen MR) is 107 cm³/mol. The Morgan fingerprint density at radius 2 is 2.29 bits per heavy atom. The lowest BCUT2D eigenvalue weighted by atomic mass is 10.2. The minimum atomic E-state index is -0.633. The molecule has 0 aromatic carbocycles. The Morgan fingerprint density at radius 3 is 2.93 bits per heavy atom. The molecule has 0 amide bonds. The summed E-state index contributed by atoms with van der Waals surface area (Å²) in [5, 5.41) is 10.6. The number of nitrogens with zero attached hydrogens (tertiary/aromatic N) is 2. The maximum atomic E-state index is 12.6. The molecule has 2 aromatic rings. The molecule has 28 heavy (non-hydrogen) atoms. The van der Waals surface area contributed by atoms with Gasteiger partial charge in [0.05, 0.1) is 38.4 Å². The highest BCUT2D eigenvalue weighted by molar-refractivity contribution is 7.20. The Labute approximate surface area is 166 Å². The Kier molecular flexibility index (Phi) is 6.61. The third-order valence-electron chi connectivity index (χ3n) is 4.63. The van der Waals surface area contributed by atoms with E-state index < -0.39 is 12.1 Å². The molecule has 0 aliphatic heterocycles. The van der Waals surface area contributed by atoms with Crippen LogP contribution in [0.15, 0.2) is 17.4 Å². The van der Waals surface area contributed by atoms with Crippen molar-refractivity contribution >= 4 is 27.5 Å². The maximum Gasteiger partial charge on any atom is 0.348 e. The SMILES string of the molecule is C=CCOCC(O)CN(Cc1nc2sc(C(=O)OC)c(C)c2c(=O)[nH]1)C1CC1. The number of esters is 1. The van der Waals surface area contributed by atoms with Crippen LogP contribution in [0.25, 0.3) is 10.2 Å². The second-order valence-electron chi connectivity index (χ2n) is 6.88. The third kappa shape index (κ3) is 4.67. The standard InChI is InChI=1S/C19H25N3O5S/c1-4-7-27-10-13(23)8-22(12-5-6-12)9-14-20-17(24)15-11(2)16(19(25)26-3)28-18(15)21-14/h4,12-13,23H,1,5-10H2,2-3H3,(H,20,21,24). The Bertz CT molecular complexity index is 918. The van der Waals surface area contributed by atoms with Crippen molar-refractivity contribution in [2.75, 3.05) is 26.9 Å². The van der Waals surface area contributed by atoms with Gasteiger partial charge in [0.15, 0.2) is 0 Å². The average Bonchev–Trinajstić information content (AvgIpc) is 3.45. The van der Waals surface area contributed by atoms with Gasteiger partial charge in [-0.25, -0.2) is 9.78 Å². The zero-order valence-electron chi connectivity index (χ0n) is 16.1. The first-order valence-electron chi connectivity index (χ1n) is 9.16. The van der Waals surface area contributed by atoms with Gasteiger partial charge in [-0.1, -0.05) is 6.08 Å². The molecule has 2 N–H and O–H groups in total. The van der Waals surface area contributed by atoms with Crippen molar-refractivity contribution in [1.82, 2.24) is 14.9 Å². The Balaban J connectivity index is 1.79. The van der Waals surface area contributed by atoms with Crippen LogP contribution >= 0.6 is 11.3 Å². The lowest BCUT2D eigenvalue weighted by Crippen LogP contribution is -2.37. The van der Waals surface area contributed by atoms with Gasteiger partial charge in [0, 0.05) is 12.6 Å². The van der Waals surface area contributed by atoms with Crippen LogP contribution in [0.2, 0.25) is 0 Å². The van der Waals surface area contributed by atoms with E-state index in [9.17, 15) is 14.7 Å². The summed E-state index contributed by atoms with van der Waals surface area (Å²) >= 11 is 1.16. The van der Waals surface area contributed by atoms with Crippen LogP contribution in [0.1, 0.15) is 33.9 Å². The molecule has 0 spiro atoms. The van der Waals surface area contributed by atoms with Crippen LogP contribution in [0.3, 0.4) is 0 Å². The smallest absolute Gasteiger partial charge is 0.348 e.